The number of benzene rings is 1. The largest absolute Gasteiger partial charge is 0.358 e. The van der Waals surface area contributed by atoms with Gasteiger partial charge in [0.05, 0.1) is 0 Å². The van der Waals surface area contributed by atoms with E-state index in [4.69, 9.17) is 0 Å². The predicted octanol–water partition coefficient (Wildman–Crippen LogP) is 3.34. The van der Waals surface area contributed by atoms with Crippen molar-refractivity contribution in [1.29, 1.82) is 0 Å². The Morgan fingerprint density at radius 3 is 2.92 bits per heavy atom. The molecule has 0 spiro atoms. The van der Waals surface area contributed by atoms with E-state index in [-0.39, 0.29) is 0 Å². The number of aryl methyl sites for hydroxylation is 1. The summed E-state index contributed by atoms with van der Waals surface area (Å²) in [6, 6.07) is 8.63. The van der Waals surface area contributed by atoms with Crippen LogP contribution in [-0.4, -0.2) is 11.2 Å². The Morgan fingerprint density at radius 2 is 2.23 bits per heavy atom. The van der Waals surface area contributed by atoms with E-state index in [1.54, 1.807) is 0 Å². The number of fused-ring (bicyclic) bond motifs is 1. The number of hydrogen-bond acceptors (Lipinski definition) is 1. The van der Waals surface area contributed by atoms with E-state index in [0.29, 0.717) is 0 Å². The first-order valence-corrected chi connectivity index (χ1v) is 5.77. The lowest BCUT2D eigenvalue weighted by atomic mass is 10.1. The Hall–Kier alpha value is -0.890. The zero-order valence-electron chi connectivity index (χ0n) is 7.92. The second kappa shape index (κ2) is 3.46. The molecule has 0 radical (unpaired) electrons. The third-order valence-corrected chi connectivity index (χ3v) is 2.84. The van der Waals surface area contributed by atoms with Crippen molar-refractivity contribution in [3.8, 4) is 0 Å². The number of thioether (sulfide) groups is 1. The van der Waals surface area contributed by atoms with Crippen molar-refractivity contribution >= 4 is 22.7 Å². The third kappa shape index (κ3) is 1.59. The monoisotopic (exact) mass is 191 g/mol. The minimum absolute atomic E-state index is 1.06. The summed E-state index contributed by atoms with van der Waals surface area (Å²) in [6.45, 7) is 2.15. The molecule has 0 saturated heterocycles. The molecule has 0 unspecified atom stereocenters. The van der Waals surface area contributed by atoms with Crippen LogP contribution in [0.1, 0.15) is 11.3 Å². The standard InChI is InChI=1S/C11H13NS/c1-8-4-3-5-11-10(8)6-9(12-11)7-13-2/h3-6,12H,7H2,1-2H3. The maximum atomic E-state index is 3.42. The van der Waals surface area contributed by atoms with E-state index < -0.39 is 0 Å². The molecule has 68 valence electrons. The Morgan fingerprint density at radius 1 is 1.38 bits per heavy atom. The van der Waals surface area contributed by atoms with Gasteiger partial charge < -0.3 is 4.98 Å². The molecule has 0 bridgehead atoms. The summed E-state index contributed by atoms with van der Waals surface area (Å²) in [7, 11) is 0. The van der Waals surface area contributed by atoms with E-state index in [0.717, 1.165) is 5.75 Å². The third-order valence-electron chi connectivity index (χ3n) is 2.24. The molecule has 0 aliphatic rings. The summed E-state index contributed by atoms with van der Waals surface area (Å²) >= 11 is 1.84. The van der Waals surface area contributed by atoms with E-state index in [9.17, 15) is 0 Å². The van der Waals surface area contributed by atoms with Crippen molar-refractivity contribution in [2.75, 3.05) is 6.26 Å². The minimum Gasteiger partial charge on any atom is -0.358 e. The SMILES string of the molecule is CSCc1cc2c(C)cccc2[nH]1. The molecule has 0 amide bonds. The molecule has 0 atom stereocenters. The normalized spacial score (nSPS) is 10.9. The summed E-state index contributed by atoms with van der Waals surface area (Å²) < 4.78 is 0. The van der Waals surface area contributed by atoms with Gasteiger partial charge in [0, 0.05) is 22.3 Å². The number of nitrogens with one attached hydrogen (secondary N) is 1. The van der Waals surface area contributed by atoms with Crippen molar-refractivity contribution in [1.82, 2.24) is 4.98 Å². The second-order valence-electron chi connectivity index (χ2n) is 3.26. The van der Waals surface area contributed by atoms with Gasteiger partial charge in [0.2, 0.25) is 0 Å². The Balaban J connectivity index is 2.55. The number of aromatic amines is 1. The Labute approximate surface area is 82.5 Å². The lowest BCUT2D eigenvalue weighted by Crippen LogP contribution is -1.75. The van der Waals surface area contributed by atoms with Crippen LogP contribution in [0.5, 0.6) is 0 Å². The summed E-state index contributed by atoms with van der Waals surface area (Å²) in [6.07, 6.45) is 2.12. The number of hydrogen-bond donors (Lipinski definition) is 1. The summed E-state index contributed by atoms with van der Waals surface area (Å²) in [5, 5.41) is 1.35. The molecular formula is C11H13NS. The lowest BCUT2D eigenvalue weighted by molar-refractivity contribution is 1.27. The van der Waals surface area contributed by atoms with Gasteiger partial charge in [0.25, 0.3) is 0 Å². The van der Waals surface area contributed by atoms with Crippen LogP contribution in [0.15, 0.2) is 24.3 Å². The van der Waals surface area contributed by atoms with E-state index >= 15 is 0 Å². The van der Waals surface area contributed by atoms with Gasteiger partial charge in [-0.3, -0.25) is 0 Å². The van der Waals surface area contributed by atoms with Crippen LogP contribution < -0.4 is 0 Å². The van der Waals surface area contributed by atoms with Gasteiger partial charge in [-0.1, -0.05) is 12.1 Å². The lowest BCUT2D eigenvalue weighted by Gasteiger charge is -1.92. The van der Waals surface area contributed by atoms with Crippen molar-refractivity contribution in [2.24, 2.45) is 0 Å². The fourth-order valence-corrected chi connectivity index (χ4v) is 2.06. The molecule has 1 aromatic heterocycles. The maximum Gasteiger partial charge on any atom is 0.0458 e. The minimum atomic E-state index is 1.06. The average Bonchev–Trinajstić information content (AvgIpc) is 2.49. The first-order chi connectivity index (χ1) is 6.31. The molecule has 0 fully saturated rings. The number of H-pyrrole nitrogens is 1. The van der Waals surface area contributed by atoms with Gasteiger partial charge in [-0.05, 0) is 30.9 Å². The summed E-state index contributed by atoms with van der Waals surface area (Å²) in [4.78, 5) is 3.42. The van der Waals surface area contributed by atoms with Gasteiger partial charge in [-0.2, -0.15) is 11.8 Å². The topological polar surface area (TPSA) is 15.8 Å². The highest BCUT2D eigenvalue weighted by molar-refractivity contribution is 7.97. The Bertz CT molecular complexity index is 417. The van der Waals surface area contributed by atoms with Crippen molar-refractivity contribution < 1.29 is 0 Å². The fourth-order valence-electron chi connectivity index (χ4n) is 1.60. The van der Waals surface area contributed by atoms with Gasteiger partial charge in [0.15, 0.2) is 0 Å². The van der Waals surface area contributed by atoms with Crippen LogP contribution in [0, 0.1) is 6.92 Å². The van der Waals surface area contributed by atoms with Crippen LogP contribution in [0.3, 0.4) is 0 Å². The second-order valence-corrected chi connectivity index (χ2v) is 4.13. The molecule has 1 N–H and O–H groups in total. The molecule has 1 aromatic carbocycles. The molecule has 2 heteroatoms. The molecule has 1 heterocycles. The highest BCUT2D eigenvalue weighted by Gasteiger charge is 2.01. The van der Waals surface area contributed by atoms with E-state index in [1.807, 2.05) is 11.8 Å². The molecule has 0 saturated carbocycles. The molecule has 0 aliphatic carbocycles. The van der Waals surface area contributed by atoms with Gasteiger partial charge in [-0.25, -0.2) is 0 Å². The highest BCUT2D eigenvalue weighted by Crippen LogP contribution is 2.20. The molecule has 13 heavy (non-hydrogen) atoms. The summed E-state index contributed by atoms with van der Waals surface area (Å²) in [5.41, 5.74) is 3.92. The number of rotatable bonds is 2. The van der Waals surface area contributed by atoms with Crippen LogP contribution in [-0.2, 0) is 5.75 Å². The first kappa shape index (κ1) is 8.70. The fraction of sp³-hybridized carbons (Fsp3) is 0.273. The van der Waals surface area contributed by atoms with Crippen molar-refractivity contribution in [3.05, 3.63) is 35.5 Å². The van der Waals surface area contributed by atoms with Gasteiger partial charge >= 0.3 is 0 Å². The van der Waals surface area contributed by atoms with Crippen molar-refractivity contribution in [2.45, 2.75) is 12.7 Å². The smallest absolute Gasteiger partial charge is 0.0458 e. The molecule has 2 aromatic rings. The van der Waals surface area contributed by atoms with E-state index in [1.165, 1.54) is 22.2 Å². The maximum absolute atomic E-state index is 3.42. The highest BCUT2D eigenvalue weighted by atomic mass is 32.2. The zero-order chi connectivity index (χ0) is 9.26. The quantitative estimate of drug-likeness (QED) is 0.769. The number of aromatic nitrogens is 1. The van der Waals surface area contributed by atoms with Crippen molar-refractivity contribution in [3.63, 3.8) is 0 Å². The zero-order valence-corrected chi connectivity index (χ0v) is 8.74. The summed E-state index contributed by atoms with van der Waals surface area (Å²) in [5.74, 6) is 1.06. The van der Waals surface area contributed by atoms with Gasteiger partial charge in [-0.15, -0.1) is 0 Å². The predicted molar refractivity (Wildman–Crippen MR) is 60.3 cm³/mol. The average molecular weight is 191 g/mol. The van der Waals surface area contributed by atoms with Crippen LogP contribution >= 0.6 is 11.8 Å². The Kier molecular flexibility index (Phi) is 2.32. The molecular weight excluding hydrogens is 178 g/mol. The molecule has 0 aliphatic heterocycles. The van der Waals surface area contributed by atoms with Gasteiger partial charge in [0.1, 0.15) is 0 Å². The van der Waals surface area contributed by atoms with Crippen LogP contribution in [0.4, 0.5) is 0 Å². The first-order valence-electron chi connectivity index (χ1n) is 4.37. The molecule has 2 rings (SSSR count). The van der Waals surface area contributed by atoms with Crippen LogP contribution in [0.2, 0.25) is 0 Å². The molecule has 1 nitrogen and oxygen atoms in total. The van der Waals surface area contributed by atoms with Crippen LogP contribution in [0.25, 0.3) is 10.9 Å². The van der Waals surface area contributed by atoms with E-state index in [2.05, 4.69) is 42.4 Å².